The van der Waals surface area contributed by atoms with Crippen LogP contribution < -0.4 is 10.1 Å². The Morgan fingerprint density at radius 2 is 2.25 bits per heavy atom. The van der Waals surface area contributed by atoms with Crippen LogP contribution in [0, 0.1) is 6.92 Å². The lowest BCUT2D eigenvalue weighted by molar-refractivity contribution is 0.425. The van der Waals surface area contributed by atoms with Gasteiger partial charge in [-0.25, -0.2) is 0 Å². The normalized spacial score (nSPS) is 10.4. The molecule has 0 aliphatic rings. The first kappa shape index (κ1) is 11.8. The topological polar surface area (TPSA) is 47.0 Å². The summed E-state index contributed by atoms with van der Waals surface area (Å²) in [7, 11) is 1.67. The van der Waals surface area contributed by atoms with E-state index in [1.54, 1.807) is 29.8 Å². The monoisotopic (exact) mass is 319 g/mol. The van der Waals surface area contributed by atoms with Gasteiger partial charge in [0.25, 0.3) is 0 Å². The number of rotatable bonds is 4. The zero-order valence-corrected chi connectivity index (χ0v) is 12.0. The summed E-state index contributed by atoms with van der Waals surface area (Å²) in [4.78, 5) is 1.19. The molecule has 0 bridgehead atoms. The van der Waals surface area contributed by atoms with Gasteiger partial charge in [-0.2, -0.15) is 0 Å². The second-order valence-corrected chi connectivity index (χ2v) is 6.17. The van der Waals surface area contributed by atoms with Gasteiger partial charge in [0, 0.05) is 4.88 Å². The highest BCUT2D eigenvalue weighted by Gasteiger charge is 2.07. The van der Waals surface area contributed by atoms with Gasteiger partial charge in [-0.3, -0.25) is 0 Å². The zero-order valence-electron chi connectivity index (χ0n) is 8.78. The quantitative estimate of drug-likeness (QED) is 0.939. The van der Waals surface area contributed by atoms with Crippen molar-refractivity contribution in [1.82, 2.24) is 10.2 Å². The molecule has 2 aromatic heterocycles. The van der Waals surface area contributed by atoms with E-state index in [4.69, 9.17) is 4.74 Å². The van der Waals surface area contributed by atoms with Crippen molar-refractivity contribution in [3.63, 3.8) is 0 Å². The average molecular weight is 320 g/mol. The van der Waals surface area contributed by atoms with Crippen LogP contribution in [-0.2, 0) is 6.54 Å². The van der Waals surface area contributed by atoms with Crippen molar-refractivity contribution >= 4 is 43.7 Å². The predicted molar refractivity (Wildman–Crippen MR) is 70.5 cm³/mol. The van der Waals surface area contributed by atoms with E-state index in [1.165, 1.54) is 4.88 Å². The van der Waals surface area contributed by atoms with Crippen molar-refractivity contribution in [2.24, 2.45) is 0 Å². The van der Waals surface area contributed by atoms with E-state index in [-0.39, 0.29) is 0 Å². The van der Waals surface area contributed by atoms with Crippen LogP contribution in [0.3, 0.4) is 0 Å². The molecule has 1 N–H and O–H groups in total. The minimum Gasteiger partial charge on any atom is -0.486 e. The second kappa shape index (κ2) is 5.11. The molecule has 0 unspecified atom stereocenters. The van der Waals surface area contributed by atoms with E-state index in [9.17, 15) is 0 Å². The standard InChI is InChI=1S/C9H10BrN3OS2/c1-5-12-13-9(15-5)11-4-6-3-7(10)8(14-2)16-6/h3H,4H2,1-2H3,(H,11,13). The zero-order chi connectivity index (χ0) is 11.5. The number of thiophene rings is 1. The maximum atomic E-state index is 5.20. The van der Waals surface area contributed by atoms with Gasteiger partial charge in [0.15, 0.2) is 5.06 Å². The number of nitrogens with zero attached hydrogens (tertiary/aromatic N) is 2. The molecule has 0 fully saturated rings. The Morgan fingerprint density at radius 3 is 2.81 bits per heavy atom. The smallest absolute Gasteiger partial charge is 0.205 e. The van der Waals surface area contributed by atoms with Crippen LogP contribution in [0.4, 0.5) is 5.13 Å². The number of aryl methyl sites for hydroxylation is 1. The molecule has 0 spiro atoms. The van der Waals surface area contributed by atoms with Gasteiger partial charge in [-0.15, -0.1) is 21.5 Å². The van der Waals surface area contributed by atoms with E-state index in [1.807, 2.05) is 13.0 Å². The van der Waals surface area contributed by atoms with Crippen LogP contribution in [0.2, 0.25) is 0 Å². The van der Waals surface area contributed by atoms with Gasteiger partial charge in [0.2, 0.25) is 5.13 Å². The Balaban J connectivity index is 1.99. The summed E-state index contributed by atoms with van der Waals surface area (Å²) < 4.78 is 6.19. The minimum absolute atomic E-state index is 0.737. The maximum Gasteiger partial charge on any atom is 0.205 e. The predicted octanol–water partition coefficient (Wildman–Crippen LogP) is 3.29. The molecule has 0 atom stereocenters. The number of aromatic nitrogens is 2. The highest BCUT2D eigenvalue weighted by molar-refractivity contribution is 9.10. The van der Waals surface area contributed by atoms with Gasteiger partial charge in [0.05, 0.1) is 18.1 Å². The fourth-order valence-electron chi connectivity index (χ4n) is 1.15. The molecule has 0 aliphatic heterocycles. The molecule has 0 aromatic carbocycles. The third kappa shape index (κ3) is 2.72. The lowest BCUT2D eigenvalue weighted by atomic mass is 10.5. The summed E-state index contributed by atoms with van der Waals surface area (Å²) in [5.74, 6) is 0. The third-order valence-electron chi connectivity index (χ3n) is 1.83. The molecule has 2 rings (SSSR count). The molecular formula is C9H10BrN3OS2. The summed E-state index contributed by atoms with van der Waals surface area (Å²) in [5.41, 5.74) is 0. The molecular weight excluding hydrogens is 310 g/mol. The van der Waals surface area contributed by atoms with Crippen molar-refractivity contribution in [2.75, 3.05) is 12.4 Å². The van der Waals surface area contributed by atoms with Crippen LogP contribution in [0.1, 0.15) is 9.88 Å². The molecule has 7 heteroatoms. The van der Waals surface area contributed by atoms with Crippen LogP contribution in [0.25, 0.3) is 0 Å². The van der Waals surface area contributed by atoms with Crippen molar-refractivity contribution in [2.45, 2.75) is 13.5 Å². The van der Waals surface area contributed by atoms with Gasteiger partial charge < -0.3 is 10.1 Å². The Bertz CT molecular complexity index is 483. The van der Waals surface area contributed by atoms with Crippen molar-refractivity contribution in [1.29, 1.82) is 0 Å². The number of hydrogen-bond acceptors (Lipinski definition) is 6. The molecule has 0 saturated carbocycles. The minimum atomic E-state index is 0.737. The Hall–Kier alpha value is -0.660. The van der Waals surface area contributed by atoms with E-state index >= 15 is 0 Å². The summed E-state index contributed by atoms with van der Waals surface area (Å²) in [6.45, 7) is 2.68. The number of methoxy groups -OCH3 is 1. The molecule has 0 aliphatic carbocycles. The molecule has 0 amide bonds. The van der Waals surface area contributed by atoms with Crippen molar-refractivity contribution in [3.8, 4) is 5.06 Å². The molecule has 0 radical (unpaired) electrons. The molecule has 2 aromatic rings. The summed E-state index contributed by atoms with van der Waals surface area (Å²) in [5, 5.41) is 13.9. The van der Waals surface area contributed by atoms with Gasteiger partial charge in [-0.1, -0.05) is 11.3 Å². The summed E-state index contributed by atoms with van der Waals surface area (Å²) >= 11 is 6.60. The van der Waals surface area contributed by atoms with E-state index in [2.05, 4.69) is 31.4 Å². The first-order valence-corrected chi connectivity index (χ1v) is 6.98. The first-order chi connectivity index (χ1) is 7.69. The summed E-state index contributed by atoms with van der Waals surface area (Å²) in [6.07, 6.45) is 0. The molecule has 4 nitrogen and oxygen atoms in total. The number of ether oxygens (including phenoxy) is 1. The highest BCUT2D eigenvalue weighted by Crippen LogP contribution is 2.34. The molecule has 16 heavy (non-hydrogen) atoms. The fraction of sp³-hybridized carbons (Fsp3) is 0.333. The highest BCUT2D eigenvalue weighted by atomic mass is 79.9. The van der Waals surface area contributed by atoms with Crippen LogP contribution in [0.5, 0.6) is 5.06 Å². The molecule has 2 heterocycles. The van der Waals surface area contributed by atoms with E-state index < -0.39 is 0 Å². The van der Waals surface area contributed by atoms with E-state index in [0.29, 0.717) is 0 Å². The Morgan fingerprint density at radius 1 is 1.44 bits per heavy atom. The Labute approximate surface area is 110 Å². The number of anilines is 1. The van der Waals surface area contributed by atoms with Gasteiger partial charge in [0.1, 0.15) is 5.01 Å². The largest absolute Gasteiger partial charge is 0.486 e. The first-order valence-electron chi connectivity index (χ1n) is 4.55. The van der Waals surface area contributed by atoms with Gasteiger partial charge in [-0.05, 0) is 28.9 Å². The van der Waals surface area contributed by atoms with Crippen molar-refractivity contribution < 1.29 is 4.74 Å². The fourth-order valence-corrected chi connectivity index (χ4v) is 3.37. The van der Waals surface area contributed by atoms with Crippen molar-refractivity contribution in [3.05, 3.63) is 20.4 Å². The summed E-state index contributed by atoms with van der Waals surface area (Å²) in [6, 6.07) is 2.05. The number of halogens is 1. The van der Waals surface area contributed by atoms with Crippen LogP contribution in [0.15, 0.2) is 10.5 Å². The average Bonchev–Trinajstić information content (AvgIpc) is 2.82. The van der Waals surface area contributed by atoms with Crippen LogP contribution in [-0.4, -0.2) is 17.3 Å². The third-order valence-corrected chi connectivity index (χ3v) is 4.58. The lowest BCUT2D eigenvalue weighted by Gasteiger charge is -1.97. The van der Waals surface area contributed by atoms with Gasteiger partial charge >= 0.3 is 0 Å². The number of nitrogens with one attached hydrogen (secondary N) is 1. The molecule has 0 saturated heterocycles. The second-order valence-electron chi connectivity index (χ2n) is 3.03. The maximum absolute atomic E-state index is 5.20. The Kier molecular flexibility index (Phi) is 3.78. The lowest BCUT2D eigenvalue weighted by Crippen LogP contribution is -1.96. The molecule has 86 valence electrons. The van der Waals surface area contributed by atoms with E-state index in [0.717, 1.165) is 26.2 Å². The number of hydrogen-bond donors (Lipinski definition) is 1. The SMILES string of the molecule is COc1sc(CNc2nnc(C)s2)cc1Br. The van der Waals surface area contributed by atoms with Crippen LogP contribution >= 0.6 is 38.6 Å².